The van der Waals surface area contributed by atoms with Crippen LogP contribution >= 0.6 is 0 Å². The van der Waals surface area contributed by atoms with Gasteiger partial charge in [-0.15, -0.1) is 0 Å². The Morgan fingerprint density at radius 2 is 2.33 bits per heavy atom. The van der Waals surface area contributed by atoms with Gasteiger partial charge in [-0.1, -0.05) is 6.07 Å². The first kappa shape index (κ1) is 11.0. The standard InChI is InChI=1S/C10H11NO4/c1-2-15-10-7-8(3-4-9(10)12)5-6-11(13)14/h3-7,12H,2H2,1H3/b6-5+. The molecule has 0 atom stereocenters. The zero-order valence-electron chi connectivity index (χ0n) is 8.21. The lowest BCUT2D eigenvalue weighted by Crippen LogP contribution is -1.92. The van der Waals surface area contributed by atoms with E-state index in [-0.39, 0.29) is 5.75 Å². The number of benzene rings is 1. The molecule has 0 aromatic heterocycles. The van der Waals surface area contributed by atoms with Crippen molar-refractivity contribution < 1.29 is 14.8 Å². The van der Waals surface area contributed by atoms with Gasteiger partial charge >= 0.3 is 0 Å². The molecule has 1 aromatic rings. The molecule has 5 nitrogen and oxygen atoms in total. The van der Waals surface area contributed by atoms with Crippen LogP contribution in [0, 0.1) is 10.1 Å². The van der Waals surface area contributed by atoms with E-state index < -0.39 is 4.92 Å². The van der Waals surface area contributed by atoms with Crippen LogP contribution in [-0.4, -0.2) is 16.6 Å². The second kappa shape index (κ2) is 4.99. The van der Waals surface area contributed by atoms with E-state index in [4.69, 9.17) is 4.74 Å². The van der Waals surface area contributed by atoms with E-state index in [0.717, 1.165) is 6.20 Å². The van der Waals surface area contributed by atoms with Gasteiger partial charge in [0.1, 0.15) is 0 Å². The number of hydrogen-bond donors (Lipinski definition) is 1. The molecule has 0 heterocycles. The van der Waals surface area contributed by atoms with Gasteiger partial charge in [0.05, 0.1) is 11.5 Å². The van der Waals surface area contributed by atoms with Crippen LogP contribution in [-0.2, 0) is 0 Å². The van der Waals surface area contributed by atoms with Gasteiger partial charge in [0.15, 0.2) is 11.5 Å². The van der Waals surface area contributed by atoms with Gasteiger partial charge in [-0.2, -0.15) is 0 Å². The topological polar surface area (TPSA) is 72.6 Å². The van der Waals surface area contributed by atoms with E-state index in [2.05, 4.69) is 0 Å². The highest BCUT2D eigenvalue weighted by Gasteiger charge is 2.02. The Labute approximate surface area is 86.8 Å². The second-order valence-corrected chi connectivity index (χ2v) is 2.76. The fourth-order valence-electron chi connectivity index (χ4n) is 1.05. The van der Waals surface area contributed by atoms with E-state index in [9.17, 15) is 15.2 Å². The highest BCUT2D eigenvalue weighted by molar-refractivity contribution is 5.54. The zero-order chi connectivity index (χ0) is 11.3. The second-order valence-electron chi connectivity index (χ2n) is 2.76. The summed E-state index contributed by atoms with van der Waals surface area (Å²) < 4.78 is 5.13. The Hall–Kier alpha value is -2.04. The van der Waals surface area contributed by atoms with Crippen molar-refractivity contribution in [3.8, 4) is 11.5 Å². The van der Waals surface area contributed by atoms with E-state index in [1.807, 2.05) is 0 Å². The first-order valence-corrected chi connectivity index (χ1v) is 4.41. The van der Waals surface area contributed by atoms with Crippen LogP contribution in [0.15, 0.2) is 24.4 Å². The highest BCUT2D eigenvalue weighted by atomic mass is 16.6. The molecule has 0 unspecified atom stereocenters. The minimum Gasteiger partial charge on any atom is -0.504 e. The van der Waals surface area contributed by atoms with Crippen LogP contribution in [0.2, 0.25) is 0 Å². The summed E-state index contributed by atoms with van der Waals surface area (Å²) in [4.78, 5) is 9.54. The summed E-state index contributed by atoms with van der Waals surface area (Å²) in [7, 11) is 0. The van der Waals surface area contributed by atoms with Gasteiger partial charge in [-0.25, -0.2) is 0 Å². The molecule has 0 aliphatic rings. The minimum atomic E-state index is -0.548. The summed E-state index contributed by atoms with van der Waals surface area (Å²) in [5, 5.41) is 19.4. The summed E-state index contributed by atoms with van der Waals surface area (Å²) in [5.41, 5.74) is 0.605. The van der Waals surface area contributed by atoms with Crippen molar-refractivity contribution in [1.29, 1.82) is 0 Å². The smallest absolute Gasteiger partial charge is 0.235 e. The van der Waals surface area contributed by atoms with Gasteiger partial charge in [-0.05, 0) is 24.6 Å². The molecule has 0 bridgehead atoms. The summed E-state index contributed by atoms with van der Waals surface area (Å²) in [6.45, 7) is 2.22. The van der Waals surface area contributed by atoms with Crippen LogP contribution in [0.3, 0.4) is 0 Å². The highest BCUT2D eigenvalue weighted by Crippen LogP contribution is 2.27. The normalized spacial score (nSPS) is 10.5. The molecule has 0 aliphatic heterocycles. The Morgan fingerprint density at radius 3 is 2.93 bits per heavy atom. The third kappa shape index (κ3) is 3.30. The molecule has 0 saturated heterocycles. The average Bonchev–Trinajstić information content (AvgIpc) is 2.19. The fraction of sp³-hybridized carbons (Fsp3) is 0.200. The molecule has 5 heteroatoms. The Balaban J connectivity index is 2.91. The quantitative estimate of drug-likeness (QED) is 0.608. The van der Waals surface area contributed by atoms with E-state index in [1.165, 1.54) is 12.1 Å². The zero-order valence-corrected chi connectivity index (χ0v) is 8.21. The molecule has 15 heavy (non-hydrogen) atoms. The SMILES string of the molecule is CCOc1cc(/C=C/[N+](=O)[O-])ccc1O. The van der Waals surface area contributed by atoms with E-state index in [0.29, 0.717) is 17.9 Å². The number of rotatable bonds is 4. The van der Waals surface area contributed by atoms with Crippen molar-refractivity contribution in [3.63, 3.8) is 0 Å². The number of nitrogens with zero attached hydrogens (tertiary/aromatic N) is 1. The summed E-state index contributed by atoms with van der Waals surface area (Å²) in [6, 6.07) is 4.54. The molecule has 1 N–H and O–H groups in total. The minimum absolute atomic E-state index is 0.0232. The molecule has 80 valence electrons. The van der Waals surface area contributed by atoms with Crippen molar-refractivity contribution >= 4 is 6.08 Å². The Bertz CT molecular complexity index is 387. The summed E-state index contributed by atoms with van der Waals surface area (Å²) in [5.74, 6) is 0.345. The van der Waals surface area contributed by atoms with E-state index >= 15 is 0 Å². The van der Waals surface area contributed by atoms with Crippen LogP contribution < -0.4 is 4.74 Å². The van der Waals surface area contributed by atoms with Gasteiger partial charge in [-0.3, -0.25) is 10.1 Å². The number of nitro groups is 1. The lowest BCUT2D eigenvalue weighted by molar-refractivity contribution is -0.400. The molecular formula is C10H11NO4. The predicted molar refractivity (Wildman–Crippen MR) is 55.3 cm³/mol. The number of ether oxygens (including phenoxy) is 1. The molecule has 0 radical (unpaired) electrons. The first-order valence-electron chi connectivity index (χ1n) is 4.41. The van der Waals surface area contributed by atoms with Crippen molar-refractivity contribution in [1.82, 2.24) is 0 Å². The van der Waals surface area contributed by atoms with Crippen LogP contribution in [0.1, 0.15) is 12.5 Å². The maximum absolute atomic E-state index is 10.1. The molecule has 1 rings (SSSR count). The number of phenolic OH excluding ortho intramolecular Hbond substituents is 1. The maximum atomic E-state index is 10.1. The molecule has 0 fully saturated rings. The van der Waals surface area contributed by atoms with Crippen molar-refractivity contribution in [2.24, 2.45) is 0 Å². The Morgan fingerprint density at radius 1 is 1.60 bits per heavy atom. The number of aromatic hydroxyl groups is 1. The van der Waals surface area contributed by atoms with E-state index in [1.54, 1.807) is 19.1 Å². The average molecular weight is 209 g/mol. The Kier molecular flexibility index (Phi) is 3.68. The number of hydrogen-bond acceptors (Lipinski definition) is 4. The summed E-state index contributed by atoms with van der Waals surface area (Å²) in [6.07, 6.45) is 2.17. The lowest BCUT2D eigenvalue weighted by atomic mass is 10.2. The van der Waals surface area contributed by atoms with Crippen molar-refractivity contribution in [3.05, 3.63) is 40.1 Å². The largest absolute Gasteiger partial charge is 0.504 e. The first-order chi connectivity index (χ1) is 7.13. The molecule has 0 spiro atoms. The maximum Gasteiger partial charge on any atom is 0.235 e. The van der Waals surface area contributed by atoms with Gasteiger partial charge in [0.2, 0.25) is 6.20 Å². The van der Waals surface area contributed by atoms with Crippen LogP contribution in [0.25, 0.3) is 6.08 Å². The third-order valence-corrected chi connectivity index (χ3v) is 1.67. The molecule has 0 saturated carbocycles. The molecule has 1 aromatic carbocycles. The van der Waals surface area contributed by atoms with Crippen LogP contribution in [0.4, 0.5) is 0 Å². The lowest BCUT2D eigenvalue weighted by Gasteiger charge is -2.05. The van der Waals surface area contributed by atoms with Gasteiger partial charge in [0, 0.05) is 6.08 Å². The third-order valence-electron chi connectivity index (χ3n) is 1.67. The molecule has 0 aliphatic carbocycles. The van der Waals surface area contributed by atoms with Crippen molar-refractivity contribution in [2.75, 3.05) is 6.61 Å². The van der Waals surface area contributed by atoms with Crippen LogP contribution in [0.5, 0.6) is 11.5 Å². The molecule has 0 amide bonds. The summed E-state index contributed by atoms with van der Waals surface area (Å²) >= 11 is 0. The predicted octanol–water partition coefficient (Wildman–Crippen LogP) is 2.04. The molecular weight excluding hydrogens is 198 g/mol. The monoisotopic (exact) mass is 209 g/mol. The van der Waals surface area contributed by atoms with Crippen molar-refractivity contribution in [2.45, 2.75) is 6.92 Å². The van der Waals surface area contributed by atoms with Gasteiger partial charge < -0.3 is 9.84 Å². The van der Waals surface area contributed by atoms with Gasteiger partial charge in [0.25, 0.3) is 0 Å². The fourth-order valence-corrected chi connectivity index (χ4v) is 1.05. The number of phenols is 1.